The van der Waals surface area contributed by atoms with E-state index < -0.39 is 0 Å². The first-order valence-corrected chi connectivity index (χ1v) is 7.69. The molecule has 21 heavy (non-hydrogen) atoms. The molecule has 0 atom stereocenters. The van der Waals surface area contributed by atoms with E-state index in [0.29, 0.717) is 0 Å². The summed E-state index contributed by atoms with van der Waals surface area (Å²) in [5.74, 6) is 0. The van der Waals surface area contributed by atoms with Crippen molar-refractivity contribution in [2.45, 2.75) is 34.6 Å². The fraction of sp³-hybridized carbons (Fsp3) is 0.278. The van der Waals surface area contributed by atoms with Gasteiger partial charge < -0.3 is 13.4 Å². The zero-order valence-electron chi connectivity index (χ0n) is 13.7. The van der Waals surface area contributed by atoms with Gasteiger partial charge in [-0.1, -0.05) is 35.9 Å². The summed E-state index contributed by atoms with van der Waals surface area (Å²) in [5, 5.41) is 1.05. The first-order chi connectivity index (χ1) is 9.40. The van der Waals surface area contributed by atoms with E-state index in [1.165, 1.54) is 16.7 Å². The van der Waals surface area contributed by atoms with Crippen LogP contribution in [0.5, 0.6) is 0 Å². The minimum absolute atomic E-state index is 0. The van der Waals surface area contributed by atoms with Crippen molar-refractivity contribution in [3.8, 4) is 0 Å². The fourth-order valence-electron chi connectivity index (χ4n) is 2.41. The molecule has 2 aromatic carbocycles. The summed E-state index contributed by atoms with van der Waals surface area (Å²) in [7, 11) is 0.754. The molecule has 0 N–H and O–H groups in total. The molecule has 0 bridgehead atoms. The summed E-state index contributed by atoms with van der Waals surface area (Å²) in [6.07, 6.45) is 0. The Bertz CT molecular complexity index is 660. The molecule has 1 nitrogen and oxygen atoms in total. The first-order valence-electron chi connectivity index (χ1n) is 6.80. The Hall–Kier alpha value is -0.863. The van der Waals surface area contributed by atoms with Crippen LogP contribution in [-0.2, 0) is 0 Å². The van der Waals surface area contributed by atoms with Gasteiger partial charge in [-0.25, -0.2) is 0 Å². The number of aryl methyl sites for hydroxylation is 3. The van der Waals surface area contributed by atoms with Crippen molar-refractivity contribution in [2.75, 3.05) is 0 Å². The molecule has 2 aromatic rings. The van der Waals surface area contributed by atoms with Gasteiger partial charge in [-0.3, -0.25) is 0 Å². The number of carbonyl (C=O) groups is 1. The second-order valence-electron chi connectivity index (χ2n) is 5.39. The van der Waals surface area contributed by atoms with Crippen molar-refractivity contribution in [2.24, 2.45) is 0 Å². The molecule has 0 heterocycles. The third kappa shape index (κ3) is 4.08. The predicted molar refractivity (Wildman–Crippen MR) is 87.5 cm³/mol. The average Bonchev–Trinajstić information content (AvgIpc) is 2.39. The van der Waals surface area contributed by atoms with Gasteiger partial charge in [0.25, 0.3) is 0 Å². The molecule has 0 fully saturated rings. The van der Waals surface area contributed by atoms with Crippen molar-refractivity contribution in [3.05, 3.63) is 63.7 Å². The summed E-state index contributed by atoms with van der Waals surface area (Å²) in [6, 6.07) is 10.3. The van der Waals surface area contributed by atoms with Gasteiger partial charge in [0.2, 0.25) is 0 Å². The SMILES string of the molecule is Cc1ccc([P-]C(=O)c2c(C)cc(C)c(C)c2C)cc1.[Li+]. The smallest absolute Gasteiger partial charge is 0.426 e. The molecule has 0 saturated carbocycles. The normalized spacial score (nSPS) is 10.7. The van der Waals surface area contributed by atoms with E-state index in [1.807, 2.05) is 26.0 Å². The van der Waals surface area contributed by atoms with Crippen LogP contribution in [0, 0.1) is 34.6 Å². The Morgan fingerprint density at radius 1 is 0.857 bits per heavy atom. The van der Waals surface area contributed by atoms with Crippen LogP contribution >= 0.6 is 8.58 Å². The van der Waals surface area contributed by atoms with Crippen LogP contribution in [0.25, 0.3) is 0 Å². The monoisotopic (exact) mass is 290 g/mol. The van der Waals surface area contributed by atoms with E-state index in [1.54, 1.807) is 0 Å². The van der Waals surface area contributed by atoms with Gasteiger partial charge in [0.15, 0.2) is 0 Å². The Morgan fingerprint density at radius 2 is 1.43 bits per heavy atom. The van der Waals surface area contributed by atoms with E-state index in [4.69, 9.17) is 0 Å². The number of benzene rings is 2. The van der Waals surface area contributed by atoms with E-state index >= 15 is 0 Å². The molecular weight excluding hydrogens is 270 g/mol. The van der Waals surface area contributed by atoms with Gasteiger partial charge in [-0.15, -0.1) is 0 Å². The van der Waals surface area contributed by atoms with E-state index in [9.17, 15) is 4.79 Å². The summed E-state index contributed by atoms with van der Waals surface area (Å²) < 4.78 is 0. The van der Waals surface area contributed by atoms with Crippen molar-refractivity contribution < 1.29 is 23.7 Å². The summed E-state index contributed by atoms with van der Waals surface area (Å²) in [4.78, 5) is 12.6. The van der Waals surface area contributed by atoms with E-state index in [2.05, 4.69) is 39.0 Å². The van der Waals surface area contributed by atoms with Crippen molar-refractivity contribution in [3.63, 3.8) is 0 Å². The maximum absolute atomic E-state index is 12.6. The Kier molecular flexibility index (Phi) is 6.42. The molecule has 0 aliphatic carbocycles. The van der Waals surface area contributed by atoms with Crippen LogP contribution in [0.2, 0.25) is 0 Å². The van der Waals surface area contributed by atoms with Gasteiger partial charge in [-0.2, -0.15) is 5.30 Å². The number of hydrogen-bond donors (Lipinski definition) is 0. The molecule has 0 unspecified atom stereocenters. The number of hydrogen-bond acceptors (Lipinski definition) is 1. The largest absolute Gasteiger partial charge is 1.00 e. The van der Waals surface area contributed by atoms with Crippen LogP contribution in [0.4, 0.5) is 0 Å². The van der Waals surface area contributed by atoms with Crippen LogP contribution in [0.3, 0.4) is 0 Å². The molecule has 0 amide bonds. The summed E-state index contributed by atoms with van der Waals surface area (Å²) in [6.45, 7) is 10.3. The third-order valence-electron chi connectivity index (χ3n) is 3.83. The van der Waals surface area contributed by atoms with E-state index in [0.717, 1.165) is 30.6 Å². The zero-order valence-corrected chi connectivity index (χ0v) is 14.6. The molecule has 3 heteroatoms. The molecule has 104 valence electrons. The molecule has 0 aliphatic rings. The molecule has 0 spiro atoms. The molecule has 0 aromatic heterocycles. The second kappa shape index (κ2) is 7.42. The fourth-order valence-corrected chi connectivity index (χ4v) is 3.39. The second-order valence-corrected chi connectivity index (χ2v) is 6.53. The van der Waals surface area contributed by atoms with Crippen LogP contribution in [0.1, 0.15) is 38.2 Å². The van der Waals surface area contributed by atoms with Gasteiger partial charge in [0, 0.05) is 5.52 Å². The Morgan fingerprint density at radius 3 is 2.00 bits per heavy atom. The Balaban J connectivity index is 0.00000220. The quantitative estimate of drug-likeness (QED) is 0.620. The van der Waals surface area contributed by atoms with Gasteiger partial charge >= 0.3 is 18.9 Å². The van der Waals surface area contributed by atoms with Gasteiger partial charge in [0.1, 0.15) is 0 Å². The first kappa shape index (κ1) is 18.2. The molecule has 2 rings (SSSR count). The van der Waals surface area contributed by atoms with Crippen molar-refractivity contribution >= 4 is 19.4 Å². The van der Waals surface area contributed by atoms with E-state index in [-0.39, 0.29) is 24.4 Å². The number of carbonyl (C=O) groups excluding carboxylic acids is 1. The minimum Gasteiger partial charge on any atom is -0.426 e. The van der Waals surface area contributed by atoms with Crippen LogP contribution in [-0.4, -0.2) is 5.52 Å². The van der Waals surface area contributed by atoms with Crippen molar-refractivity contribution in [1.29, 1.82) is 0 Å². The molecular formula is C18H20LiOP. The molecule has 0 aliphatic heterocycles. The van der Waals surface area contributed by atoms with Gasteiger partial charge in [0.05, 0.1) is 0 Å². The van der Waals surface area contributed by atoms with Gasteiger partial charge in [-0.05, 0) is 62.4 Å². The summed E-state index contributed by atoms with van der Waals surface area (Å²) >= 11 is 0. The maximum atomic E-state index is 12.6. The average molecular weight is 290 g/mol. The van der Waals surface area contributed by atoms with Crippen LogP contribution in [0.15, 0.2) is 30.3 Å². The standard InChI is InChI=1S/C18H20OP.Li/c1-11-6-8-16(9-7-11)20-18(19)17-13(3)10-12(2)14(4)15(17)5;/h6-10H,1-5H3;/q-1;+1. The van der Waals surface area contributed by atoms with Crippen LogP contribution < -0.4 is 24.2 Å². The third-order valence-corrected chi connectivity index (χ3v) is 4.82. The topological polar surface area (TPSA) is 17.1 Å². The summed E-state index contributed by atoms with van der Waals surface area (Å²) in [5.41, 5.74) is 6.96. The zero-order chi connectivity index (χ0) is 14.9. The number of rotatable bonds is 3. The molecule has 0 radical (unpaired) electrons. The van der Waals surface area contributed by atoms with Crippen molar-refractivity contribution in [1.82, 2.24) is 0 Å². The molecule has 0 saturated heterocycles. The predicted octanol–water partition coefficient (Wildman–Crippen LogP) is 1.64. The maximum Gasteiger partial charge on any atom is 1.00 e. The minimum atomic E-state index is 0. The Labute approximate surface area is 141 Å².